The number of ether oxygens (including phenoxy) is 1. The molecule has 0 aliphatic carbocycles. The molecular formula is C12H14BrNO4. The zero-order valence-corrected chi connectivity index (χ0v) is 12.0. The van der Waals surface area contributed by atoms with E-state index in [-0.39, 0.29) is 22.6 Å². The zero-order chi connectivity index (χ0) is 13.9. The normalized spacial score (nSPS) is 11.1. The monoisotopic (exact) mass is 315 g/mol. The van der Waals surface area contributed by atoms with Crippen LogP contribution in [0.4, 0.5) is 5.69 Å². The third-order valence-corrected chi connectivity index (χ3v) is 2.98. The van der Waals surface area contributed by atoms with Crippen LogP contribution in [-0.4, -0.2) is 21.6 Å². The highest BCUT2D eigenvalue weighted by Gasteiger charge is 2.31. The molecule has 0 saturated heterocycles. The van der Waals surface area contributed by atoms with E-state index < -0.39 is 10.5 Å². The fourth-order valence-electron chi connectivity index (χ4n) is 1.35. The van der Waals surface area contributed by atoms with Gasteiger partial charge in [-0.2, -0.15) is 0 Å². The van der Waals surface area contributed by atoms with Gasteiger partial charge >= 0.3 is 5.69 Å². The van der Waals surface area contributed by atoms with Crippen LogP contribution in [0.3, 0.4) is 0 Å². The van der Waals surface area contributed by atoms with E-state index in [2.05, 4.69) is 15.9 Å². The quantitative estimate of drug-likeness (QED) is 0.476. The van der Waals surface area contributed by atoms with E-state index in [1.54, 1.807) is 26.8 Å². The van der Waals surface area contributed by atoms with Crippen molar-refractivity contribution in [2.45, 2.75) is 26.4 Å². The summed E-state index contributed by atoms with van der Waals surface area (Å²) in [5.41, 5.74) is -0.479. The van der Waals surface area contributed by atoms with Gasteiger partial charge in [0.2, 0.25) is 0 Å². The van der Waals surface area contributed by atoms with Gasteiger partial charge in [0, 0.05) is 6.07 Å². The van der Waals surface area contributed by atoms with Crippen molar-refractivity contribution < 1.29 is 14.5 Å². The fraction of sp³-hybridized carbons (Fsp3) is 0.417. The van der Waals surface area contributed by atoms with E-state index in [9.17, 15) is 14.9 Å². The largest absolute Gasteiger partial charge is 0.473 e. The topological polar surface area (TPSA) is 69.4 Å². The SMILES string of the molecule is Cc1ccc(OC(C)(C)C(=O)CBr)c([N+](=O)[O-])c1. The van der Waals surface area contributed by atoms with Crippen molar-refractivity contribution in [3.05, 3.63) is 33.9 Å². The van der Waals surface area contributed by atoms with Crippen LogP contribution in [0.15, 0.2) is 18.2 Å². The lowest BCUT2D eigenvalue weighted by Crippen LogP contribution is -2.39. The minimum absolute atomic E-state index is 0.102. The summed E-state index contributed by atoms with van der Waals surface area (Å²) in [4.78, 5) is 22.1. The Balaban J connectivity index is 3.11. The summed E-state index contributed by atoms with van der Waals surface area (Å²) in [5, 5.41) is 11.1. The third kappa shape index (κ3) is 3.29. The molecule has 6 heteroatoms. The van der Waals surface area contributed by atoms with Crippen molar-refractivity contribution in [1.29, 1.82) is 0 Å². The van der Waals surface area contributed by atoms with Gasteiger partial charge < -0.3 is 4.74 Å². The lowest BCUT2D eigenvalue weighted by molar-refractivity contribution is -0.386. The Bertz CT molecular complexity index is 485. The molecule has 0 radical (unpaired) electrons. The molecule has 0 unspecified atom stereocenters. The van der Waals surface area contributed by atoms with E-state index in [0.29, 0.717) is 0 Å². The van der Waals surface area contributed by atoms with Crippen molar-refractivity contribution in [3.63, 3.8) is 0 Å². The smallest absolute Gasteiger partial charge is 0.311 e. The van der Waals surface area contributed by atoms with Crippen molar-refractivity contribution in [2.75, 3.05) is 5.33 Å². The van der Waals surface area contributed by atoms with Gasteiger partial charge in [0.25, 0.3) is 0 Å². The predicted molar refractivity (Wildman–Crippen MR) is 71.3 cm³/mol. The molecule has 0 N–H and O–H groups in total. The van der Waals surface area contributed by atoms with Gasteiger partial charge in [-0.1, -0.05) is 22.0 Å². The van der Waals surface area contributed by atoms with Crippen LogP contribution < -0.4 is 4.74 Å². The Kier molecular flexibility index (Phi) is 4.45. The second kappa shape index (κ2) is 5.48. The van der Waals surface area contributed by atoms with Gasteiger partial charge in [-0.3, -0.25) is 14.9 Å². The summed E-state index contributed by atoms with van der Waals surface area (Å²) >= 11 is 3.06. The highest BCUT2D eigenvalue weighted by Crippen LogP contribution is 2.31. The van der Waals surface area contributed by atoms with Gasteiger partial charge in [-0.15, -0.1) is 0 Å². The molecule has 1 aromatic rings. The van der Waals surface area contributed by atoms with Crippen molar-refractivity contribution >= 4 is 27.4 Å². The van der Waals surface area contributed by atoms with Crippen LogP contribution in [0.5, 0.6) is 5.75 Å². The minimum atomic E-state index is -1.11. The Morgan fingerprint density at radius 1 is 1.50 bits per heavy atom. The maximum atomic E-state index is 11.6. The highest BCUT2D eigenvalue weighted by molar-refractivity contribution is 9.09. The predicted octanol–water partition coefficient (Wildman–Crippen LogP) is 3.02. The molecule has 1 aromatic carbocycles. The van der Waals surface area contributed by atoms with E-state index >= 15 is 0 Å². The molecule has 0 bridgehead atoms. The fourth-order valence-corrected chi connectivity index (χ4v) is 2.02. The number of carbonyl (C=O) groups is 1. The maximum absolute atomic E-state index is 11.6. The number of hydrogen-bond donors (Lipinski definition) is 0. The number of ketones is 1. The summed E-state index contributed by atoms with van der Waals surface area (Å²) in [5.74, 6) is -0.0812. The van der Waals surface area contributed by atoms with Gasteiger partial charge in [0.05, 0.1) is 10.3 Å². The van der Waals surface area contributed by atoms with Crippen LogP contribution in [0.25, 0.3) is 0 Å². The summed E-state index contributed by atoms with van der Waals surface area (Å²) in [7, 11) is 0. The van der Waals surface area contributed by atoms with Crippen LogP contribution in [0.2, 0.25) is 0 Å². The molecule has 0 fully saturated rings. The highest BCUT2D eigenvalue weighted by atomic mass is 79.9. The first-order chi connectivity index (χ1) is 8.27. The second-order valence-electron chi connectivity index (χ2n) is 4.40. The molecule has 0 spiro atoms. The van der Waals surface area contributed by atoms with Gasteiger partial charge in [-0.25, -0.2) is 0 Å². The molecule has 98 valence electrons. The summed E-state index contributed by atoms with van der Waals surface area (Å²) < 4.78 is 5.48. The molecular weight excluding hydrogens is 302 g/mol. The lowest BCUT2D eigenvalue weighted by Gasteiger charge is -2.23. The first kappa shape index (κ1) is 14.6. The maximum Gasteiger partial charge on any atom is 0.311 e. The number of nitro benzene ring substituents is 1. The zero-order valence-electron chi connectivity index (χ0n) is 10.4. The molecule has 18 heavy (non-hydrogen) atoms. The molecule has 0 atom stereocenters. The average molecular weight is 316 g/mol. The first-order valence-corrected chi connectivity index (χ1v) is 6.43. The molecule has 0 aromatic heterocycles. The van der Waals surface area contributed by atoms with Crippen molar-refractivity contribution in [1.82, 2.24) is 0 Å². The molecule has 0 aliphatic heterocycles. The van der Waals surface area contributed by atoms with Crippen molar-refractivity contribution in [3.8, 4) is 5.75 Å². The van der Waals surface area contributed by atoms with Crippen LogP contribution in [0, 0.1) is 17.0 Å². The van der Waals surface area contributed by atoms with E-state index in [0.717, 1.165) is 5.56 Å². The molecule has 0 aliphatic rings. The molecule has 0 amide bonds. The average Bonchev–Trinajstić information content (AvgIpc) is 2.29. The molecule has 1 rings (SSSR count). The molecule has 0 saturated carbocycles. The number of hydrogen-bond acceptors (Lipinski definition) is 4. The van der Waals surface area contributed by atoms with Gasteiger partial charge in [-0.05, 0) is 32.4 Å². The summed E-state index contributed by atoms with van der Waals surface area (Å²) in [6.07, 6.45) is 0. The number of nitro groups is 1. The number of nitrogens with zero attached hydrogens (tertiary/aromatic N) is 1. The van der Waals surface area contributed by atoms with E-state index in [1.807, 2.05) is 0 Å². The number of Topliss-reactive ketones (excluding diaryl/α,β-unsaturated/α-hetero) is 1. The minimum Gasteiger partial charge on any atom is -0.473 e. The number of alkyl halides is 1. The third-order valence-electron chi connectivity index (χ3n) is 2.47. The van der Waals surface area contributed by atoms with Crippen molar-refractivity contribution in [2.24, 2.45) is 0 Å². The molecule has 5 nitrogen and oxygen atoms in total. The number of carbonyl (C=O) groups excluding carboxylic acids is 1. The van der Waals surface area contributed by atoms with Crippen LogP contribution in [0.1, 0.15) is 19.4 Å². The number of rotatable bonds is 5. The second-order valence-corrected chi connectivity index (χ2v) is 4.96. The Morgan fingerprint density at radius 3 is 2.61 bits per heavy atom. The summed E-state index contributed by atoms with van der Waals surface area (Å²) in [6.45, 7) is 4.92. The van der Waals surface area contributed by atoms with Gasteiger partial charge in [0.15, 0.2) is 17.1 Å². The number of halogens is 1. The van der Waals surface area contributed by atoms with E-state index in [1.165, 1.54) is 12.1 Å². The number of benzene rings is 1. The Labute approximate surface area is 113 Å². The number of aryl methyl sites for hydroxylation is 1. The van der Waals surface area contributed by atoms with E-state index in [4.69, 9.17) is 4.74 Å². The Morgan fingerprint density at radius 2 is 2.11 bits per heavy atom. The van der Waals surface area contributed by atoms with Gasteiger partial charge in [0.1, 0.15) is 0 Å². The lowest BCUT2D eigenvalue weighted by atomic mass is 10.0. The first-order valence-electron chi connectivity index (χ1n) is 5.31. The van der Waals surface area contributed by atoms with Crippen LogP contribution >= 0.6 is 15.9 Å². The Hall–Kier alpha value is -1.43. The standard InChI is InChI=1S/C12H14BrNO4/c1-8-4-5-10(9(6-8)14(16)17)18-12(2,3)11(15)7-13/h4-6H,7H2,1-3H3. The van der Waals surface area contributed by atoms with Crippen LogP contribution in [-0.2, 0) is 4.79 Å². The molecule has 0 heterocycles. The summed E-state index contributed by atoms with van der Waals surface area (Å²) in [6, 6.07) is 4.64.